The second-order valence-corrected chi connectivity index (χ2v) is 5.44. The van der Waals surface area contributed by atoms with E-state index in [9.17, 15) is 4.79 Å². The number of aryl methyl sites for hydroxylation is 1. The normalized spacial score (nSPS) is 11.1. The van der Waals surface area contributed by atoms with Gasteiger partial charge in [0.25, 0.3) is 0 Å². The molecule has 0 unspecified atom stereocenters. The van der Waals surface area contributed by atoms with Crippen molar-refractivity contribution in [3.8, 4) is 0 Å². The van der Waals surface area contributed by atoms with E-state index in [1.807, 2.05) is 16.0 Å². The van der Waals surface area contributed by atoms with Gasteiger partial charge in [0, 0.05) is 17.6 Å². The summed E-state index contributed by atoms with van der Waals surface area (Å²) in [4.78, 5) is 16.9. The average molecular weight is 342 g/mol. The number of imidazole rings is 1. The third kappa shape index (κ3) is 2.28. The number of fused-ring (bicyclic) bond motifs is 1. The molecule has 8 heteroatoms. The van der Waals surface area contributed by atoms with Crippen molar-refractivity contribution >= 4 is 38.2 Å². The molecule has 0 fully saturated rings. The summed E-state index contributed by atoms with van der Waals surface area (Å²) in [7, 11) is 0. The van der Waals surface area contributed by atoms with Gasteiger partial charge in [0.1, 0.15) is 16.9 Å². The van der Waals surface area contributed by atoms with Gasteiger partial charge in [-0.15, -0.1) is 11.3 Å². The Labute approximate surface area is 120 Å². The lowest BCUT2D eigenvalue weighted by Crippen LogP contribution is -2.04. The summed E-state index contributed by atoms with van der Waals surface area (Å²) in [5.41, 5.74) is 1.30. The smallest absolute Gasteiger partial charge is 0.377 e. The van der Waals surface area contributed by atoms with Crippen molar-refractivity contribution in [1.82, 2.24) is 14.5 Å². The predicted molar refractivity (Wildman–Crippen MR) is 71.1 cm³/mol. The molecule has 3 aromatic rings. The van der Waals surface area contributed by atoms with Gasteiger partial charge in [-0.1, -0.05) is 5.16 Å². The van der Waals surface area contributed by atoms with Crippen LogP contribution in [0.15, 0.2) is 26.8 Å². The van der Waals surface area contributed by atoms with Gasteiger partial charge in [-0.3, -0.25) is 4.40 Å². The van der Waals surface area contributed by atoms with Gasteiger partial charge in [-0.05, 0) is 22.9 Å². The Morgan fingerprint density at radius 3 is 3.16 bits per heavy atom. The molecule has 0 spiro atoms. The molecule has 19 heavy (non-hydrogen) atoms. The number of thiazole rings is 1. The number of hydrogen-bond acceptors (Lipinski definition) is 6. The molecule has 0 bridgehead atoms. The van der Waals surface area contributed by atoms with Crippen molar-refractivity contribution < 1.29 is 14.1 Å². The SMILES string of the molecule is Cc1cc(C(=O)OCc2nc3sccn3c2Br)on1. The molecule has 0 aliphatic carbocycles. The Morgan fingerprint density at radius 1 is 1.63 bits per heavy atom. The number of carbonyl (C=O) groups excluding carboxylic acids is 1. The summed E-state index contributed by atoms with van der Waals surface area (Å²) in [5.74, 6) is -0.460. The zero-order valence-electron chi connectivity index (χ0n) is 9.79. The fourth-order valence-corrected chi connectivity index (χ4v) is 2.90. The van der Waals surface area contributed by atoms with Crippen LogP contribution in [0, 0.1) is 6.92 Å². The van der Waals surface area contributed by atoms with Crippen LogP contribution in [0.25, 0.3) is 4.96 Å². The number of halogens is 1. The van der Waals surface area contributed by atoms with Crippen molar-refractivity contribution in [3.63, 3.8) is 0 Å². The van der Waals surface area contributed by atoms with Gasteiger partial charge >= 0.3 is 5.97 Å². The van der Waals surface area contributed by atoms with Gasteiger partial charge < -0.3 is 9.26 Å². The third-order valence-electron chi connectivity index (χ3n) is 2.44. The first-order valence-electron chi connectivity index (χ1n) is 5.35. The van der Waals surface area contributed by atoms with Crippen molar-refractivity contribution in [2.24, 2.45) is 0 Å². The van der Waals surface area contributed by atoms with E-state index in [2.05, 4.69) is 26.1 Å². The molecule has 98 valence electrons. The van der Waals surface area contributed by atoms with Crippen LogP contribution in [0.5, 0.6) is 0 Å². The van der Waals surface area contributed by atoms with Crippen molar-refractivity contribution in [1.29, 1.82) is 0 Å². The monoisotopic (exact) mass is 341 g/mol. The Kier molecular flexibility index (Phi) is 3.11. The standard InChI is InChI=1S/C11H8BrN3O3S/c1-6-4-8(18-14-6)10(16)17-5-7-9(12)15-2-3-19-11(15)13-7/h2-4H,5H2,1H3. The molecule has 3 rings (SSSR count). The summed E-state index contributed by atoms with van der Waals surface area (Å²) in [6.45, 7) is 1.81. The van der Waals surface area contributed by atoms with Crippen LogP contribution in [-0.2, 0) is 11.3 Å². The van der Waals surface area contributed by atoms with E-state index in [-0.39, 0.29) is 12.4 Å². The van der Waals surface area contributed by atoms with Crippen LogP contribution >= 0.6 is 27.3 Å². The first-order valence-corrected chi connectivity index (χ1v) is 7.03. The van der Waals surface area contributed by atoms with E-state index in [1.165, 1.54) is 17.4 Å². The summed E-state index contributed by atoms with van der Waals surface area (Å²) in [6, 6.07) is 1.53. The molecule has 0 saturated heterocycles. The lowest BCUT2D eigenvalue weighted by molar-refractivity contribution is 0.0420. The Bertz CT molecular complexity index is 745. The fourth-order valence-electron chi connectivity index (χ4n) is 1.56. The molecule has 0 amide bonds. The lowest BCUT2D eigenvalue weighted by atomic mass is 10.4. The number of aromatic nitrogens is 3. The highest BCUT2D eigenvalue weighted by atomic mass is 79.9. The van der Waals surface area contributed by atoms with Crippen LogP contribution < -0.4 is 0 Å². The van der Waals surface area contributed by atoms with Crippen molar-refractivity contribution in [3.05, 3.63) is 39.4 Å². The Balaban J connectivity index is 1.73. The maximum Gasteiger partial charge on any atom is 0.377 e. The number of rotatable bonds is 3. The van der Waals surface area contributed by atoms with E-state index >= 15 is 0 Å². The van der Waals surface area contributed by atoms with E-state index < -0.39 is 5.97 Å². The number of hydrogen-bond donors (Lipinski definition) is 0. The minimum Gasteiger partial charge on any atom is -0.453 e. The summed E-state index contributed by atoms with van der Waals surface area (Å²) < 4.78 is 12.6. The fraction of sp³-hybridized carbons (Fsp3) is 0.182. The maximum absolute atomic E-state index is 11.7. The third-order valence-corrected chi connectivity index (χ3v) is 4.04. The number of esters is 1. The molecule has 0 aliphatic heterocycles. The first-order chi connectivity index (χ1) is 9.15. The van der Waals surface area contributed by atoms with E-state index in [1.54, 1.807) is 6.92 Å². The van der Waals surface area contributed by atoms with Gasteiger partial charge in [0.05, 0.1) is 5.69 Å². The zero-order chi connectivity index (χ0) is 13.4. The van der Waals surface area contributed by atoms with Gasteiger partial charge in [-0.25, -0.2) is 9.78 Å². The molecule has 0 atom stereocenters. The number of ether oxygens (including phenoxy) is 1. The Hall–Kier alpha value is -1.67. The van der Waals surface area contributed by atoms with E-state index in [4.69, 9.17) is 9.26 Å². The van der Waals surface area contributed by atoms with Crippen molar-refractivity contribution in [2.45, 2.75) is 13.5 Å². The minimum atomic E-state index is -0.552. The molecule has 6 nitrogen and oxygen atoms in total. The van der Waals surface area contributed by atoms with Crippen LogP contribution in [0.4, 0.5) is 0 Å². The summed E-state index contributed by atoms with van der Waals surface area (Å²) in [6.07, 6.45) is 1.89. The minimum absolute atomic E-state index is 0.0769. The van der Waals surface area contributed by atoms with Crippen LogP contribution in [0.3, 0.4) is 0 Å². The van der Waals surface area contributed by atoms with Gasteiger partial charge in [0.2, 0.25) is 5.76 Å². The van der Waals surface area contributed by atoms with Crippen molar-refractivity contribution in [2.75, 3.05) is 0 Å². The van der Waals surface area contributed by atoms with Crippen LogP contribution in [0.1, 0.15) is 21.9 Å². The van der Waals surface area contributed by atoms with Gasteiger partial charge in [0.15, 0.2) is 4.96 Å². The number of nitrogens with zero attached hydrogens (tertiary/aromatic N) is 3. The highest BCUT2D eigenvalue weighted by Crippen LogP contribution is 2.23. The van der Waals surface area contributed by atoms with E-state index in [0.717, 1.165) is 9.56 Å². The molecule has 3 aromatic heterocycles. The summed E-state index contributed by atoms with van der Waals surface area (Å²) in [5, 5.41) is 5.56. The zero-order valence-corrected chi connectivity index (χ0v) is 12.2. The second-order valence-electron chi connectivity index (χ2n) is 3.81. The summed E-state index contributed by atoms with van der Waals surface area (Å²) >= 11 is 4.93. The highest BCUT2D eigenvalue weighted by molar-refractivity contribution is 9.10. The van der Waals surface area contributed by atoms with Crippen LogP contribution in [0.2, 0.25) is 0 Å². The molecule has 0 radical (unpaired) electrons. The molecular weight excluding hydrogens is 334 g/mol. The largest absolute Gasteiger partial charge is 0.453 e. The molecule has 0 aliphatic rings. The molecular formula is C11H8BrN3O3S. The quantitative estimate of drug-likeness (QED) is 0.685. The molecule has 0 N–H and O–H groups in total. The molecule has 0 saturated carbocycles. The molecule has 0 aromatic carbocycles. The lowest BCUT2D eigenvalue weighted by Gasteiger charge is -1.99. The van der Waals surface area contributed by atoms with Gasteiger partial charge in [-0.2, -0.15) is 0 Å². The average Bonchev–Trinajstić information content (AvgIpc) is 3.06. The predicted octanol–water partition coefficient (Wildman–Crippen LogP) is 2.81. The second kappa shape index (κ2) is 4.78. The molecule has 3 heterocycles. The highest BCUT2D eigenvalue weighted by Gasteiger charge is 2.16. The Morgan fingerprint density at radius 2 is 2.47 bits per heavy atom. The topological polar surface area (TPSA) is 69.6 Å². The maximum atomic E-state index is 11.7. The van der Waals surface area contributed by atoms with E-state index in [0.29, 0.717) is 11.4 Å². The number of carbonyl (C=O) groups is 1. The van der Waals surface area contributed by atoms with Crippen LogP contribution in [-0.4, -0.2) is 20.5 Å². The first kappa shape index (κ1) is 12.4.